The predicted octanol–water partition coefficient (Wildman–Crippen LogP) is 6.27. The van der Waals surface area contributed by atoms with E-state index in [1.54, 1.807) is 6.20 Å². The van der Waals surface area contributed by atoms with Crippen LogP contribution in [0.3, 0.4) is 0 Å². The number of hydrogen-bond donors (Lipinski definition) is 2. The van der Waals surface area contributed by atoms with Gasteiger partial charge in [0.1, 0.15) is 18.5 Å². The van der Waals surface area contributed by atoms with Crippen LogP contribution in [-0.4, -0.2) is 27.9 Å². The van der Waals surface area contributed by atoms with Crippen LogP contribution >= 0.6 is 11.3 Å². The summed E-state index contributed by atoms with van der Waals surface area (Å²) >= 11 is 1.39. The molecule has 1 unspecified atom stereocenters. The molecule has 0 bridgehead atoms. The Balaban J connectivity index is 1.24. The van der Waals surface area contributed by atoms with Gasteiger partial charge in [-0.3, -0.25) is 4.99 Å². The number of aliphatic imine (C=N–C) groups is 1. The molecule has 0 spiro atoms. The van der Waals surface area contributed by atoms with Crippen LogP contribution < -0.4 is 15.8 Å². The third-order valence-electron chi connectivity index (χ3n) is 5.97. The Hall–Kier alpha value is -4.76. The fraction of sp³-hybridized carbons (Fsp3) is 0.103. The Labute approximate surface area is 223 Å². The summed E-state index contributed by atoms with van der Waals surface area (Å²) in [5.41, 5.74) is 11.5. The van der Waals surface area contributed by atoms with Gasteiger partial charge in [0.25, 0.3) is 0 Å². The van der Waals surface area contributed by atoms with Gasteiger partial charge in [-0.15, -0.1) is 0 Å². The molecule has 9 heteroatoms. The summed E-state index contributed by atoms with van der Waals surface area (Å²) in [5, 5.41) is 3.76. The minimum absolute atomic E-state index is 0.0702. The first-order valence-electron chi connectivity index (χ1n) is 12.1. The van der Waals surface area contributed by atoms with E-state index >= 15 is 0 Å². The molecule has 2 aromatic heterocycles. The third-order valence-corrected chi connectivity index (χ3v) is 6.88. The van der Waals surface area contributed by atoms with Gasteiger partial charge in [-0.25, -0.2) is 15.0 Å². The van der Waals surface area contributed by atoms with Crippen molar-refractivity contribution in [3.63, 3.8) is 0 Å². The summed E-state index contributed by atoms with van der Waals surface area (Å²) in [5.74, 6) is 1.23. The van der Waals surface area contributed by atoms with Gasteiger partial charge in [-0.05, 0) is 41.5 Å². The van der Waals surface area contributed by atoms with Gasteiger partial charge in [-0.2, -0.15) is 0 Å². The largest absolute Gasteiger partial charge is 0.489 e. The zero-order chi connectivity index (χ0) is 25.7. The van der Waals surface area contributed by atoms with Gasteiger partial charge < -0.3 is 20.5 Å². The molecule has 0 aliphatic carbocycles. The van der Waals surface area contributed by atoms with Gasteiger partial charge in [0.2, 0.25) is 5.95 Å². The van der Waals surface area contributed by atoms with E-state index < -0.39 is 0 Å². The molecule has 1 atom stereocenters. The van der Waals surface area contributed by atoms with E-state index in [0.29, 0.717) is 24.2 Å². The van der Waals surface area contributed by atoms with Crippen molar-refractivity contribution in [1.82, 2.24) is 15.0 Å². The Morgan fingerprint density at radius 3 is 2.74 bits per heavy atom. The van der Waals surface area contributed by atoms with Gasteiger partial charge in [0.15, 0.2) is 11.5 Å². The summed E-state index contributed by atoms with van der Waals surface area (Å²) in [7, 11) is 0. The van der Waals surface area contributed by atoms with Crippen molar-refractivity contribution in [1.29, 1.82) is 0 Å². The molecule has 3 aromatic carbocycles. The Morgan fingerprint density at radius 1 is 0.974 bits per heavy atom. The zero-order valence-corrected chi connectivity index (χ0v) is 21.1. The lowest BCUT2D eigenvalue weighted by Crippen LogP contribution is -2.02. The second-order valence-electron chi connectivity index (χ2n) is 8.64. The third kappa shape index (κ3) is 5.33. The van der Waals surface area contributed by atoms with Crippen LogP contribution in [0.4, 0.5) is 16.8 Å². The van der Waals surface area contributed by atoms with Crippen molar-refractivity contribution < 1.29 is 9.47 Å². The molecular formula is C29H24N6O2S. The van der Waals surface area contributed by atoms with Crippen LogP contribution in [0.15, 0.2) is 96.1 Å². The van der Waals surface area contributed by atoms with Crippen LogP contribution in [0.25, 0.3) is 21.8 Å². The van der Waals surface area contributed by atoms with Crippen molar-refractivity contribution in [2.45, 2.75) is 12.7 Å². The highest BCUT2D eigenvalue weighted by atomic mass is 32.1. The summed E-state index contributed by atoms with van der Waals surface area (Å²) < 4.78 is 11.6. The maximum atomic E-state index is 6.16. The van der Waals surface area contributed by atoms with E-state index in [4.69, 9.17) is 20.2 Å². The van der Waals surface area contributed by atoms with E-state index in [-0.39, 0.29) is 6.10 Å². The number of nitrogens with two attached hydrogens (primary N) is 1. The maximum absolute atomic E-state index is 6.16. The molecule has 0 fully saturated rings. The average molecular weight is 521 g/mol. The van der Waals surface area contributed by atoms with Gasteiger partial charge in [-0.1, -0.05) is 65.9 Å². The minimum Gasteiger partial charge on any atom is -0.489 e. The molecular weight excluding hydrogens is 496 g/mol. The minimum atomic E-state index is -0.0702. The van der Waals surface area contributed by atoms with Gasteiger partial charge in [0.05, 0.1) is 22.8 Å². The van der Waals surface area contributed by atoms with Crippen molar-refractivity contribution in [2.75, 3.05) is 17.6 Å². The Morgan fingerprint density at radius 2 is 1.87 bits per heavy atom. The lowest BCUT2D eigenvalue weighted by Gasteiger charge is -2.12. The second kappa shape index (κ2) is 10.7. The van der Waals surface area contributed by atoms with Crippen LogP contribution in [0.5, 0.6) is 5.75 Å². The predicted molar refractivity (Wildman–Crippen MR) is 151 cm³/mol. The van der Waals surface area contributed by atoms with Crippen molar-refractivity contribution in [3.8, 4) is 27.6 Å². The molecule has 0 amide bonds. The molecule has 38 heavy (non-hydrogen) atoms. The number of nitrogens with one attached hydrogen (secondary N) is 1. The highest BCUT2D eigenvalue weighted by Crippen LogP contribution is 2.38. The van der Waals surface area contributed by atoms with E-state index in [0.717, 1.165) is 44.4 Å². The number of nitrogen functional groups attached to an aromatic ring is 1. The number of benzene rings is 3. The highest BCUT2D eigenvalue weighted by molar-refractivity contribution is 7.19. The lowest BCUT2D eigenvalue weighted by molar-refractivity contribution is 0.240. The Kier molecular flexibility index (Phi) is 6.65. The summed E-state index contributed by atoms with van der Waals surface area (Å²) in [6, 6.07) is 27.8. The Bertz CT molecular complexity index is 1580. The summed E-state index contributed by atoms with van der Waals surface area (Å²) in [4.78, 5) is 18.8. The van der Waals surface area contributed by atoms with E-state index in [1.165, 1.54) is 17.7 Å². The molecule has 3 N–H and O–H groups in total. The molecule has 0 radical (unpaired) electrons. The van der Waals surface area contributed by atoms with Crippen LogP contribution in [-0.2, 0) is 11.3 Å². The quantitative estimate of drug-likeness (QED) is 0.248. The number of hydrogen-bond acceptors (Lipinski definition) is 9. The molecule has 188 valence electrons. The normalized spacial score (nSPS) is 14.3. The number of aromatic nitrogens is 3. The molecule has 1 aliphatic heterocycles. The van der Waals surface area contributed by atoms with E-state index in [1.807, 2.05) is 84.9 Å². The zero-order valence-electron chi connectivity index (χ0n) is 20.3. The second-order valence-corrected chi connectivity index (χ2v) is 9.67. The fourth-order valence-corrected chi connectivity index (χ4v) is 4.98. The molecule has 3 heterocycles. The number of anilines is 3. The highest BCUT2D eigenvalue weighted by Gasteiger charge is 2.18. The molecule has 5 aromatic rings. The summed E-state index contributed by atoms with van der Waals surface area (Å²) in [6.07, 6.45) is 3.15. The standard InChI is InChI=1S/C29H24N6O2S/c30-28-35-26(21-9-5-11-23(15-21)36-17-19-6-2-1-3-7-19)27(38-28)24-12-13-32-29(34-24)33-22-10-4-8-20(14-22)25-16-31-18-37-25/h1-15,18,25H,16-17H2,(H2,30,35)(H,32,33,34). The monoisotopic (exact) mass is 520 g/mol. The van der Waals surface area contributed by atoms with Crippen molar-refractivity contribution >= 4 is 34.5 Å². The van der Waals surface area contributed by atoms with Crippen LogP contribution in [0.2, 0.25) is 0 Å². The number of rotatable bonds is 8. The number of thiazole rings is 1. The van der Waals surface area contributed by atoms with Gasteiger partial charge in [0, 0.05) is 17.4 Å². The SMILES string of the molecule is Nc1nc(-c2cccc(OCc3ccccc3)c2)c(-c2ccnc(Nc3cccc(C4CN=CO4)c3)n2)s1. The first-order chi connectivity index (χ1) is 18.7. The first kappa shape index (κ1) is 23.6. The van der Waals surface area contributed by atoms with Crippen molar-refractivity contribution in [2.24, 2.45) is 4.99 Å². The molecule has 6 rings (SSSR count). The van der Waals surface area contributed by atoms with Gasteiger partial charge >= 0.3 is 0 Å². The van der Waals surface area contributed by atoms with Crippen molar-refractivity contribution in [3.05, 3.63) is 102 Å². The maximum Gasteiger partial charge on any atom is 0.227 e. The first-order valence-corrected chi connectivity index (χ1v) is 12.9. The van der Waals surface area contributed by atoms with E-state index in [2.05, 4.69) is 20.3 Å². The lowest BCUT2D eigenvalue weighted by atomic mass is 10.1. The average Bonchev–Trinajstić information content (AvgIpc) is 3.64. The topological polar surface area (TPSA) is 108 Å². The smallest absolute Gasteiger partial charge is 0.227 e. The van der Waals surface area contributed by atoms with Crippen LogP contribution in [0.1, 0.15) is 17.2 Å². The molecule has 0 saturated heterocycles. The fourth-order valence-electron chi connectivity index (χ4n) is 4.15. The van der Waals surface area contributed by atoms with E-state index in [9.17, 15) is 0 Å². The molecule has 1 aliphatic rings. The number of ether oxygens (including phenoxy) is 2. The van der Waals surface area contributed by atoms with Crippen LogP contribution in [0, 0.1) is 0 Å². The molecule has 8 nitrogen and oxygen atoms in total. The number of nitrogens with zero attached hydrogens (tertiary/aromatic N) is 4. The molecule has 0 saturated carbocycles. The summed E-state index contributed by atoms with van der Waals surface area (Å²) in [6.45, 7) is 1.10.